The van der Waals surface area contributed by atoms with Crippen LogP contribution in [0.2, 0.25) is 0 Å². The van der Waals surface area contributed by atoms with E-state index in [2.05, 4.69) is 10.2 Å². The molecule has 1 aromatic heterocycles. The zero-order valence-electron chi connectivity index (χ0n) is 12.4. The van der Waals surface area contributed by atoms with Crippen molar-refractivity contribution in [2.45, 2.75) is 30.9 Å². The number of fused-ring (bicyclic) bond motifs is 1. The monoisotopic (exact) mass is 300 g/mol. The van der Waals surface area contributed by atoms with Crippen LogP contribution in [-0.2, 0) is 4.74 Å². The fourth-order valence-corrected chi connectivity index (χ4v) is 3.62. The lowest BCUT2D eigenvalue weighted by molar-refractivity contribution is -0.0389. The molecule has 2 saturated heterocycles. The number of H-pyrrole nitrogens is 1. The molecular weight excluding hydrogens is 280 g/mol. The standard InChI is InChI=1S/C16H20N4O2/c17-11-9-16(22-10-11)5-7-20(8-6-16)15(21)14-12-3-1-2-4-13(12)18-19-14/h1-4,11H,5-10,17H2,(H,18,19). The first kappa shape index (κ1) is 13.7. The number of rotatable bonds is 1. The van der Waals surface area contributed by atoms with Crippen molar-refractivity contribution < 1.29 is 9.53 Å². The van der Waals surface area contributed by atoms with Crippen LogP contribution in [0.25, 0.3) is 10.9 Å². The molecule has 2 aliphatic rings. The van der Waals surface area contributed by atoms with Gasteiger partial charge in [-0.05, 0) is 25.3 Å². The predicted molar refractivity (Wildman–Crippen MR) is 82.5 cm³/mol. The molecule has 1 unspecified atom stereocenters. The Balaban J connectivity index is 1.50. The first-order valence-electron chi connectivity index (χ1n) is 7.79. The average molecular weight is 300 g/mol. The number of carbonyl (C=O) groups excluding carboxylic acids is 1. The van der Waals surface area contributed by atoms with Gasteiger partial charge in [-0.15, -0.1) is 0 Å². The molecule has 0 bridgehead atoms. The summed E-state index contributed by atoms with van der Waals surface area (Å²) in [5.74, 6) is -0.00500. The van der Waals surface area contributed by atoms with Crippen LogP contribution in [0.4, 0.5) is 0 Å². The first-order valence-corrected chi connectivity index (χ1v) is 7.79. The number of nitrogens with one attached hydrogen (secondary N) is 1. The normalized spacial score (nSPS) is 24.2. The van der Waals surface area contributed by atoms with Crippen LogP contribution in [0.15, 0.2) is 24.3 Å². The molecule has 2 aliphatic heterocycles. The first-order chi connectivity index (χ1) is 10.7. The molecule has 0 aliphatic carbocycles. The van der Waals surface area contributed by atoms with Crippen molar-refractivity contribution in [1.82, 2.24) is 15.1 Å². The Kier molecular flexibility index (Phi) is 3.16. The van der Waals surface area contributed by atoms with E-state index in [-0.39, 0.29) is 17.6 Å². The topological polar surface area (TPSA) is 84.2 Å². The maximum Gasteiger partial charge on any atom is 0.274 e. The molecule has 6 nitrogen and oxygen atoms in total. The van der Waals surface area contributed by atoms with E-state index >= 15 is 0 Å². The van der Waals surface area contributed by atoms with Gasteiger partial charge in [-0.3, -0.25) is 9.89 Å². The number of likely N-dealkylation sites (tertiary alicyclic amines) is 1. The highest BCUT2D eigenvalue weighted by Gasteiger charge is 2.42. The fraction of sp³-hybridized carbons (Fsp3) is 0.500. The van der Waals surface area contributed by atoms with Crippen molar-refractivity contribution in [3.05, 3.63) is 30.0 Å². The Morgan fingerprint density at radius 2 is 2.14 bits per heavy atom. The van der Waals surface area contributed by atoms with E-state index in [9.17, 15) is 4.79 Å². The van der Waals surface area contributed by atoms with E-state index in [4.69, 9.17) is 10.5 Å². The molecule has 2 fully saturated rings. The number of hydrogen-bond donors (Lipinski definition) is 2. The molecule has 1 atom stereocenters. The lowest BCUT2D eigenvalue weighted by Gasteiger charge is -2.38. The minimum Gasteiger partial charge on any atom is -0.373 e. The van der Waals surface area contributed by atoms with E-state index in [1.54, 1.807) is 0 Å². The quantitative estimate of drug-likeness (QED) is 0.831. The second kappa shape index (κ2) is 5.07. The lowest BCUT2D eigenvalue weighted by atomic mass is 9.87. The molecular formula is C16H20N4O2. The molecule has 2 aromatic rings. The summed E-state index contributed by atoms with van der Waals surface area (Å²) in [5, 5.41) is 8.01. The van der Waals surface area contributed by atoms with Crippen molar-refractivity contribution >= 4 is 16.8 Å². The molecule has 1 aromatic carbocycles. The summed E-state index contributed by atoms with van der Waals surface area (Å²) in [6, 6.07) is 7.85. The second-order valence-corrected chi connectivity index (χ2v) is 6.37. The average Bonchev–Trinajstić information content (AvgIpc) is 3.12. The largest absolute Gasteiger partial charge is 0.373 e. The molecule has 6 heteroatoms. The summed E-state index contributed by atoms with van der Waals surface area (Å²) in [7, 11) is 0. The van der Waals surface area contributed by atoms with Gasteiger partial charge in [0.1, 0.15) is 0 Å². The van der Waals surface area contributed by atoms with Crippen LogP contribution in [0.3, 0.4) is 0 Å². The third kappa shape index (κ3) is 2.19. The molecule has 116 valence electrons. The SMILES string of the molecule is NC1COC2(CCN(C(=O)c3n[nH]c4ccccc34)CC2)C1. The molecule has 0 saturated carbocycles. The third-order valence-electron chi connectivity index (χ3n) is 4.87. The number of aromatic amines is 1. The zero-order valence-corrected chi connectivity index (χ0v) is 12.4. The van der Waals surface area contributed by atoms with Crippen LogP contribution in [0.1, 0.15) is 29.8 Å². The Labute approximate surface area is 128 Å². The molecule has 3 heterocycles. The number of aromatic nitrogens is 2. The summed E-state index contributed by atoms with van der Waals surface area (Å²) >= 11 is 0. The highest BCUT2D eigenvalue weighted by molar-refractivity contribution is 6.04. The predicted octanol–water partition coefficient (Wildman–Crippen LogP) is 1.29. The highest BCUT2D eigenvalue weighted by atomic mass is 16.5. The van der Waals surface area contributed by atoms with E-state index < -0.39 is 0 Å². The van der Waals surface area contributed by atoms with Gasteiger partial charge in [0.15, 0.2) is 5.69 Å². The van der Waals surface area contributed by atoms with Crippen molar-refractivity contribution in [2.75, 3.05) is 19.7 Å². The van der Waals surface area contributed by atoms with Crippen molar-refractivity contribution in [1.29, 1.82) is 0 Å². The highest BCUT2D eigenvalue weighted by Crippen LogP contribution is 2.35. The van der Waals surface area contributed by atoms with Gasteiger partial charge >= 0.3 is 0 Å². The summed E-state index contributed by atoms with van der Waals surface area (Å²) in [5.41, 5.74) is 7.25. The summed E-state index contributed by atoms with van der Waals surface area (Å²) < 4.78 is 5.90. The van der Waals surface area contributed by atoms with Crippen LogP contribution in [0, 0.1) is 0 Å². The van der Waals surface area contributed by atoms with Gasteiger partial charge in [0, 0.05) is 24.5 Å². The van der Waals surface area contributed by atoms with Gasteiger partial charge in [0.05, 0.1) is 17.7 Å². The lowest BCUT2D eigenvalue weighted by Crippen LogP contribution is -2.46. The number of benzene rings is 1. The molecule has 1 spiro atoms. The van der Waals surface area contributed by atoms with Crippen LogP contribution in [-0.4, -0.2) is 52.3 Å². The van der Waals surface area contributed by atoms with E-state index in [0.29, 0.717) is 25.4 Å². The molecule has 1 amide bonds. The maximum atomic E-state index is 12.7. The number of piperidine rings is 1. The van der Waals surface area contributed by atoms with Gasteiger partial charge in [-0.2, -0.15) is 5.10 Å². The van der Waals surface area contributed by atoms with Gasteiger partial charge in [-0.25, -0.2) is 0 Å². The molecule has 22 heavy (non-hydrogen) atoms. The van der Waals surface area contributed by atoms with Gasteiger partial charge < -0.3 is 15.4 Å². The number of hydrogen-bond acceptors (Lipinski definition) is 4. The van der Waals surface area contributed by atoms with Crippen molar-refractivity contribution in [3.63, 3.8) is 0 Å². The van der Waals surface area contributed by atoms with Crippen molar-refractivity contribution in [3.8, 4) is 0 Å². The Morgan fingerprint density at radius 3 is 2.86 bits per heavy atom. The zero-order chi connectivity index (χ0) is 15.2. The van der Waals surface area contributed by atoms with Gasteiger partial charge in [0.2, 0.25) is 0 Å². The number of nitrogens with two attached hydrogens (primary N) is 1. The number of amides is 1. The smallest absolute Gasteiger partial charge is 0.274 e. The Morgan fingerprint density at radius 1 is 1.36 bits per heavy atom. The van der Waals surface area contributed by atoms with E-state index in [1.807, 2.05) is 29.2 Å². The third-order valence-corrected chi connectivity index (χ3v) is 4.87. The molecule has 3 N–H and O–H groups in total. The number of para-hydroxylation sites is 1. The second-order valence-electron chi connectivity index (χ2n) is 6.37. The number of carbonyl (C=O) groups is 1. The Bertz CT molecular complexity index is 703. The van der Waals surface area contributed by atoms with Crippen molar-refractivity contribution in [2.24, 2.45) is 5.73 Å². The summed E-state index contributed by atoms with van der Waals surface area (Å²) in [6.45, 7) is 2.04. The molecule has 0 radical (unpaired) electrons. The minimum atomic E-state index is -0.107. The van der Waals surface area contributed by atoms with Crippen LogP contribution < -0.4 is 5.73 Å². The van der Waals surface area contributed by atoms with Crippen LogP contribution >= 0.6 is 0 Å². The Hall–Kier alpha value is -1.92. The fourth-order valence-electron chi connectivity index (χ4n) is 3.62. The summed E-state index contributed by atoms with van der Waals surface area (Å²) in [6.07, 6.45) is 2.62. The number of nitrogens with zero attached hydrogens (tertiary/aromatic N) is 2. The summed E-state index contributed by atoms with van der Waals surface area (Å²) in [4.78, 5) is 14.6. The maximum absolute atomic E-state index is 12.7. The van der Waals surface area contributed by atoms with Gasteiger partial charge in [0.25, 0.3) is 5.91 Å². The van der Waals surface area contributed by atoms with Gasteiger partial charge in [-0.1, -0.05) is 18.2 Å². The van der Waals surface area contributed by atoms with Crippen LogP contribution in [0.5, 0.6) is 0 Å². The minimum absolute atomic E-state index is 0.00500. The van der Waals surface area contributed by atoms with E-state index in [1.165, 1.54) is 0 Å². The van der Waals surface area contributed by atoms with E-state index in [0.717, 1.165) is 30.2 Å². The molecule has 4 rings (SSSR count). The number of ether oxygens (including phenoxy) is 1.